The van der Waals surface area contributed by atoms with Gasteiger partial charge in [-0.2, -0.15) is 0 Å². The summed E-state index contributed by atoms with van der Waals surface area (Å²) in [5, 5.41) is 12.2. The van der Waals surface area contributed by atoms with Crippen LogP contribution in [0.2, 0.25) is 0 Å². The lowest BCUT2D eigenvalue weighted by atomic mass is 10.1. The average molecular weight is 309 g/mol. The highest BCUT2D eigenvalue weighted by atomic mass is 16.5. The second-order valence-electron chi connectivity index (χ2n) is 4.92. The molecule has 8 heteroatoms. The third-order valence-electron chi connectivity index (χ3n) is 3.40. The summed E-state index contributed by atoms with van der Waals surface area (Å²) in [6.07, 6.45) is 2.69. The zero-order chi connectivity index (χ0) is 15.9. The number of nitrogens with zero attached hydrogens (tertiary/aromatic N) is 2. The minimum absolute atomic E-state index is 0.0570. The number of methoxy groups -OCH3 is 1. The van der Waals surface area contributed by atoms with Gasteiger partial charge in [-0.15, -0.1) is 0 Å². The van der Waals surface area contributed by atoms with Gasteiger partial charge in [-0.1, -0.05) is 0 Å². The molecule has 2 rings (SSSR count). The van der Waals surface area contributed by atoms with E-state index in [-0.39, 0.29) is 6.04 Å². The van der Waals surface area contributed by atoms with Crippen molar-refractivity contribution >= 4 is 12.1 Å². The molecule has 1 aromatic rings. The number of piperazine rings is 1. The van der Waals surface area contributed by atoms with E-state index < -0.39 is 12.1 Å². The number of amides is 1. The van der Waals surface area contributed by atoms with Crippen molar-refractivity contribution in [2.75, 3.05) is 33.4 Å². The van der Waals surface area contributed by atoms with Crippen LogP contribution in [-0.2, 0) is 4.74 Å². The molecule has 0 bridgehead atoms. The third kappa shape index (κ3) is 4.32. The van der Waals surface area contributed by atoms with E-state index >= 15 is 0 Å². The molecule has 1 aliphatic heterocycles. The van der Waals surface area contributed by atoms with Crippen LogP contribution < -0.4 is 10.1 Å². The summed E-state index contributed by atoms with van der Waals surface area (Å²) in [5.74, 6) is 0.0118. The molecule has 0 radical (unpaired) electrons. The van der Waals surface area contributed by atoms with Gasteiger partial charge in [0.15, 0.2) is 0 Å². The second kappa shape index (κ2) is 7.60. The number of carboxylic acid groups (broad SMARTS) is 1. The number of carbonyl (C=O) groups excluding carboxylic acids is 1. The summed E-state index contributed by atoms with van der Waals surface area (Å²) in [6, 6.07) is 1.62. The van der Waals surface area contributed by atoms with E-state index in [2.05, 4.69) is 15.0 Å². The molecule has 0 aromatic carbocycles. The van der Waals surface area contributed by atoms with Gasteiger partial charge in [0.05, 0.1) is 25.5 Å². The second-order valence-corrected chi connectivity index (χ2v) is 4.92. The van der Waals surface area contributed by atoms with Crippen molar-refractivity contribution in [2.24, 2.45) is 0 Å². The third-order valence-corrected chi connectivity index (χ3v) is 3.40. The summed E-state index contributed by atoms with van der Waals surface area (Å²) in [5.41, 5.74) is 0.327. The molecule has 1 aliphatic rings. The van der Waals surface area contributed by atoms with Crippen LogP contribution in [0.5, 0.6) is 5.75 Å². The number of rotatable bonds is 5. The summed E-state index contributed by atoms with van der Waals surface area (Å²) in [4.78, 5) is 27.7. The smallest absolute Gasteiger partial charge is 0.407 e. The maximum atomic E-state index is 11.4. The Bertz CT molecular complexity index is 537. The van der Waals surface area contributed by atoms with Crippen molar-refractivity contribution in [3.63, 3.8) is 0 Å². The van der Waals surface area contributed by atoms with E-state index in [0.29, 0.717) is 44.0 Å². The Labute approximate surface area is 128 Å². The molecule has 1 saturated heterocycles. The van der Waals surface area contributed by atoms with Crippen LogP contribution in [0.3, 0.4) is 0 Å². The molecule has 1 aromatic heterocycles. The molecule has 1 atom stereocenters. The fourth-order valence-corrected chi connectivity index (χ4v) is 2.24. The summed E-state index contributed by atoms with van der Waals surface area (Å²) in [7, 11) is 1.30. The molecule has 2 heterocycles. The lowest BCUT2D eigenvalue weighted by molar-refractivity contribution is 0.0599. The largest absolute Gasteiger partial charge is 0.492 e. The average Bonchev–Trinajstić information content (AvgIpc) is 2.54. The van der Waals surface area contributed by atoms with E-state index in [1.807, 2.05) is 0 Å². The van der Waals surface area contributed by atoms with E-state index in [1.54, 1.807) is 6.07 Å². The zero-order valence-electron chi connectivity index (χ0n) is 12.3. The van der Waals surface area contributed by atoms with Crippen molar-refractivity contribution in [1.82, 2.24) is 15.2 Å². The van der Waals surface area contributed by atoms with Gasteiger partial charge in [0.2, 0.25) is 0 Å². The van der Waals surface area contributed by atoms with Crippen LogP contribution in [0.15, 0.2) is 18.5 Å². The van der Waals surface area contributed by atoms with Crippen LogP contribution in [0, 0.1) is 0 Å². The monoisotopic (exact) mass is 309 g/mol. The fraction of sp³-hybridized carbons (Fsp3) is 0.500. The van der Waals surface area contributed by atoms with Gasteiger partial charge in [0.25, 0.3) is 0 Å². The molecule has 0 unspecified atom stereocenters. The molecule has 2 N–H and O–H groups in total. The summed E-state index contributed by atoms with van der Waals surface area (Å²) >= 11 is 0. The number of ether oxygens (including phenoxy) is 2. The Balaban J connectivity index is 1.81. The minimum Gasteiger partial charge on any atom is -0.492 e. The number of hydrogen-bond donors (Lipinski definition) is 2. The lowest BCUT2D eigenvalue weighted by Crippen LogP contribution is -2.52. The van der Waals surface area contributed by atoms with Crippen LogP contribution in [0.4, 0.5) is 4.79 Å². The number of pyridine rings is 1. The molecular formula is C14H19N3O5. The van der Waals surface area contributed by atoms with E-state index in [4.69, 9.17) is 9.84 Å². The summed E-state index contributed by atoms with van der Waals surface area (Å²) < 4.78 is 10.2. The first kappa shape index (κ1) is 16.0. The van der Waals surface area contributed by atoms with Gasteiger partial charge in [0, 0.05) is 31.9 Å². The fourth-order valence-electron chi connectivity index (χ4n) is 2.24. The molecule has 0 saturated carbocycles. The van der Waals surface area contributed by atoms with Gasteiger partial charge in [0.1, 0.15) is 5.75 Å². The predicted molar refractivity (Wildman–Crippen MR) is 77.1 cm³/mol. The lowest BCUT2D eigenvalue weighted by Gasteiger charge is -2.31. The number of esters is 1. The van der Waals surface area contributed by atoms with Gasteiger partial charge in [-0.3, -0.25) is 4.98 Å². The maximum absolute atomic E-state index is 11.4. The van der Waals surface area contributed by atoms with E-state index in [9.17, 15) is 9.59 Å². The highest BCUT2D eigenvalue weighted by Crippen LogP contribution is 2.13. The Morgan fingerprint density at radius 3 is 3.05 bits per heavy atom. The topological polar surface area (TPSA) is 101 Å². The van der Waals surface area contributed by atoms with Gasteiger partial charge < -0.3 is 24.8 Å². The van der Waals surface area contributed by atoms with Crippen LogP contribution in [0.25, 0.3) is 0 Å². The molecule has 1 amide bonds. The van der Waals surface area contributed by atoms with Crippen molar-refractivity contribution in [3.05, 3.63) is 24.0 Å². The number of carbonyl (C=O) groups is 2. The predicted octanol–water partition coefficient (Wildman–Crippen LogP) is 0.589. The van der Waals surface area contributed by atoms with Gasteiger partial charge in [-0.25, -0.2) is 9.59 Å². The molecule has 22 heavy (non-hydrogen) atoms. The minimum atomic E-state index is -0.901. The van der Waals surface area contributed by atoms with Crippen LogP contribution in [0.1, 0.15) is 16.8 Å². The normalized spacial score (nSPS) is 17.9. The number of hydrogen-bond acceptors (Lipinski definition) is 6. The number of nitrogens with one attached hydrogen (secondary N) is 1. The molecule has 120 valence electrons. The maximum Gasteiger partial charge on any atom is 0.407 e. The molecule has 8 nitrogen and oxygen atoms in total. The number of aromatic nitrogens is 1. The molecule has 0 aliphatic carbocycles. The Morgan fingerprint density at radius 1 is 1.50 bits per heavy atom. The van der Waals surface area contributed by atoms with Crippen molar-refractivity contribution < 1.29 is 24.2 Å². The first-order valence-electron chi connectivity index (χ1n) is 6.97. The highest BCUT2D eigenvalue weighted by molar-refractivity contribution is 5.89. The Kier molecular flexibility index (Phi) is 5.54. The van der Waals surface area contributed by atoms with E-state index in [1.165, 1.54) is 24.4 Å². The van der Waals surface area contributed by atoms with Gasteiger partial charge in [-0.05, 0) is 12.5 Å². The van der Waals surface area contributed by atoms with Crippen LogP contribution in [-0.4, -0.2) is 66.4 Å². The standard InChI is InChI=1S/C14H19N3O5/c1-21-13(18)10-6-12(8-15-7-10)22-5-2-11-9-17(14(19)20)4-3-16-11/h6-8,11,16H,2-5,9H2,1H3,(H,19,20)/t11-/m1/s1. The SMILES string of the molecule is COC(=O)c1cncc(OCC[C@@H]2CN(C(=O)O)CCN2)c1. The van der Waals surface area contributed by atoms with Crippen molar-refractivity contribution in [3.8, 4) is 5.75 Å². The summed E-state index contributed by atoms with van der Waals surface area (Å²) in [6.45, 7) is 1.98. The first-order chi connectivity index (χ1) is 10.6. The molecule has 1 fully saturated rings. The Morgan fingerprint density at radius 2 is 2.32 bits per heavy atom. The zero-order valence-corrected chi connectivity index (χ0v) is 12.3. The van der Waals surface area contributed by atoms with Gasteiger partial charge >= 0.3 is 12.1 Å². The quantitative estimate of drug-likeness (QED) is 0.768. The molecule has 0 spiro atoms. The van der Waals surface area contributed by atoms with Crippen molar-refractivity contribution in [1.29, 1.82) is 0 Å². The van der Waals surface area contributed by atoms with Crippen molar-refractivity contribution in [2.45, 2.75) is 12.5 Å². The molecular weight excluding hydrogens is 290 g/mol. The van der Waals surface area contributed by atoms with E-state index in [0.717, 1.165) is 0 Å². The highest BCUT2D eigenvalue weighted by Gasteiger charge is 2.22. The Hall–Kier alpha value is -2.35. The first-order valence-corrected chi connectivity index (χ1v) is 6.97. The van der Waals surface area contributed by atoms with Crippen LogP contribution >= 0.6 is 0 Å².